The molecule has 2 heterocycles. The number of aromatic nitrogens is 3. The molecular formula is C17H32N6O3S. The van der Waals surface area contributed by atoms with Crippen molar-refractivity contribution in [2.24, 2.45) is 4.99 Å². The number of nitrogens with one attached hydrogen (secondary N) is 2. The second kappa shape index (κ2) is 9.91. The van der Waals surface area contributed by atoms with Crippen molar-refractivity contribution in [1.29, 1.82) is 0 Å². The summed E-state index contributed by atoms with van der Waals surface area (Å²) in [5, 5.41) is 10.8. The Morgan fingerprint density at radius 2 is 2.15 bits per heavy atom. The number of hydrogen-bond acceptors (Lipinski definition) is 5. The molecule has 0 spiro atoms. The summed E-state index contributed by atoms with van der Waals surface area (Å²) in [7, 11) is -2.97. The summed E-state index contributed by atoms with van der Waals surface area (Å²) in [5.41, 5.74) is -0.0203. The van der Waals surface area contributed by atoms with Crippen molar-refractivity contribution < 1.29 is 8.42 Å². The third-order valence-corrected chi connectivity index (χ3v) is 5.46. The SMILES string of the molecule is CCNC(=NCCCn1nc2n(c1=O)CCCC2)NC(C)CCS(C)(=O)=O. The number of rotatable bonds is 9. The van der Waals surface area contributed by atoms with Gasteiger partial charge < -0.3 is 10.6 Å². The first kappa shape index (κ1) is 21.5. The quantitative estimate of drug-likeness (QED) is 0.347. The van der Waals surface area contributed by atoms with Gasteiger partial charge in [0.1, 0.15) is 15.7 Å². The number of fused-ring (bicyclic) bond motifs is 1. The van der Waals surface area contributed by atoms with E-state index in [0.717, 1.165) is 38.2 Å². The Hall–Kier alpha value is -1.84. The van der Waals surface area contributed by atoms with Crippen LogP contribution in [-0.2, 0) is 29.3 Å². The van der Waals surface area contributed by atoms with Crippen LogP contribution in [0, 0.1) is 0 Å². The molecule has 0 amide bonds. The number of nitrogens with zero attached hydrogens (tertiary/aromatic N) is 4. The standard InChI is InChI=1S/C17H32N6O3S/c1-4-18-16(20-14(2)9-13-27(3,25)26)19-10-7-12-23-17(24)22-11-6-5-8-15(22)21-23/h14H,4-13H2,1-3H3,(H2,18,19,20). The Morgan fingerprint density at radius 3 is 2.81 bits per heavy atom. The van der Waals surface area contributed by atoms with Crippen LogP contribution < -0.4 is 16.3 Å². The third kappa shape index (κ3) is 7.00. The van der Waals surface area contributed by atoms with Crippen molar-refractivity contribution in [1.82, 2.24) is 25.0 Å². The first-order chi connectivity index (χ1) is 12.8. The van der Waals surface area contributed by atoms with Gasteiger partial charge in [-0.15, -0.1) is 0 Å². The zero-order valence-corrected chi connectivity index (χ0v) is 17.4. The summed E-state index contributed by atoms with van der Waals surface area (Å²) in [6.45, 7) is 6.51. The first-order valence-electron chi connectivity index (χ1n) is 9.69. The number of guanidine groups is 1. The predicted octanol–water partition coefficient (Wildman–Crippen LogP) is 0.150. The highest BCUT2D eigenvalue weighted by molar-refractivity contribution is 7.90. The first-order valence-corrected chi connectivity index (χ1v) is 11.8. The van der Waals surface area contributed by atoms with E-state index < -0.39 is 9.84 Å². The van der Waals surface area contributed by atoms with Gasteiger partial charge in [0, 0.05) is 44.9 Å². The molecule has 9 nitrogen and oxygen atoms in total. The van der Waals surface area contributed by atoms with E-state index in [1.54, 1.807) is 9.25 Å². The van der Waals surface area contributed by atoms with E-state index in [4.69, 9.17) is 0 Å². The lowest BCUT2D eigenvalue weighted by Crippen LogP contribution is -2.43. The van der Waals surface area contributed by atoms with Crippen molar-refractivity contribution in [3.05, 3.63) is 16.3 Å². The van der Waals surface area contributed by atoms with Gasteiger partial charge in [0.05, 0.1) is 5.75 Å². The molecule has 0 fully saturated rings. The number of aryl methyl sites for hydroxylation is 2. The zero-order chi connectivity index (χ0) is 19.9. The molecule has 154 valence electrons. The van der Waals surface area contributed by atoms with Crippen molar-refractivity contribution in [3.8, 4) is 0 Å². The maximum Gasteiger partial charge on any atom is 0.345 e. The summed E-state index contributed by atoms with van der Waals surface area (Å²) in [6, 6.07) is 0.00000894. The Kier molecular flexibility index (Phi) is 7.88. The zero-order valence-electron chi connectivity index (χ0n) is 16.6. The maximum absolute atomic E-state index is 12.3. The Labute approximate surface area is 161 Å². The molecular weight excluding hydrogens is 368 g/mol. The molecule has 2 N–H and O–H groups in total. The van der Waals surface area contributed by atoms with Gasteiger partial charge in [-0.2, -0.15) is 5.10 Å². The molecule has 0 aromatic carbocycles. The molecule has 10 heteroatoms. The van der Waals surface area contributed by atoms with Crippen LogP contribution in [-0.4, -0.2) is 59.9 Å². The molecule has 1 aromatic heterocycles. The smallest absolute Gasteiger partial charge is 0.345 e. The highest BCUT2D eigenvalue weighted by Gasteiger charge is 2.16. The third-order valence-electron chi connectivity index (χ3n) is 4.48. The van der Waals surface area contributed by atoms with Crippen molar-refractivity contribution >= 4 is 15.8 Å². The van der Waals surface area contributed by atoms with Gasteiger partial charge in [-0.1, -0.05) is 0 Å². The average molecular weight is 401 g/mol. The van der Waals surface area contributed by atoms with Gasteiger partial charge in [-0.25, -0.2) is 17.9 Å². The normalized spacial score (nSPS) is 16.0. The van der Waals surface area contributed by atoms with Crippen molar-refractivity contribution in [2.45, 2.75) is 65.1 Å². The second-order valence-electron chi connectivity index (χ2n) is 7.11. The Balaban J connectivity index is 1.84. The van der Waals surface area contributed by atoms with Gasteiger partial charge in [-0.05, 0) is 39.5 Å². The van der Waals surface area contributed by atoms with Crippen LogP contribution >= 0.6 is 0 Å². The van der Waals surface area contributed by atoms with Crippen LogP contribution in [0.5, 0.6) is 0 Å². The van der Waals surface area contributed by atoms with Crippen LogP contribution in [0.25, 0.3) is 0 Å². The summed E-state index contributed by atoms with van der Waals surface area (Å²) in [4.78, 5) is 16.8. The maximum atomic E-state index is 12.3. The van der Waals surface area contributed by atoms with Crippen LogP contribution in [0.1, 0.15) is 45.4 Å². The minimum atomic E-state index is -2.97. The van der Waals surface area contributed by atoms with Crippen molar-refractivity contribution in [3.63, 3.8) is 0 Å². The second-order valence-corrected chi connectivity index (χ2v) is 9.37. The number of hydrogen-bond donors (Lipinski definition) is 2. The molecule has 1 aliphatic rings. The molecule has 0 bridgehead atoms. The highest BCUT2D eigenvalue weighted by Crippen LogP contribution is 2.09. The highest BCUT2D eigenvalue weighted by atomic mass is 32.2. The van der Waals surface area contributed by atoms with Crippen LogP contribution in [0.4, 0.5) is 0 Å². The summed E-state index contributed by atoms with van der Waals surface area (Å²) >= 11 is 0. The number of aliphatic imine (C=N–C) groups is 1. The molecule has 0 aliphatic carbocycles. The van der Waals surface area contributed by atoms with Gasteiger partial charge in [0.25, 0.3) is 0 Å². The largest absolute Gasteiger partial charge is 0.357 e. The monoisotopic (exact) mass is 400 g/mol. The molecule has 1 atom stereocenters. The number of sulfone groups is 1. The Morgan fingerprint density at radius 1 is 1.37 bits per heavy atom. The van der Waals surface area contributed by atoms with E-state index in [1.807, 2.05) is 13.8 Å². The van der Waals surface area contributed by atoms with E-state index in [2.05, 4.69) is 20.7 Å². The fraction of sp³-hybridized carbons (Fsp3) is 0.824. The Bertz CT molecular complexity index is 796. The fourth-order valence-electron chi connectivity index (χ4n) is 3.02. The summed E-state index contributed by atoms with van der Waals surface area (Å²) < 4.78 is 25.9. The van der Waals surface area contributed by atoms with Crippen LogP contribution in [0.15, 0.2) is 9.79 Å². The fourth-order valence-corrected chi connectivity index (χ4v) is 3.80. The minimum absolute atomic E-state index is 0.00000894. The van der Waals surface area contributed by atoms with Crippen LogP contribution in [0.3, 0.4) is 0 Å². The van der Waals surface area contributed by atoms with Gasteiger partial charge in [0.2, 0.25) is 0 Å². The van der Waals surface area contributed by atoms with E-state index in [0.29, 0.717) is 31.9 Å². The minimum Gasteiger partial charge on any atom is -0.357 e. The van der Waals surface area contributed by atoms with Crippen LogP contribution in [0.2, 0.25) is 0 Å². The topological polar surface area (TPSA) is 110 Å². The van der Waals surface area contributed by atoms with E-state index in [9.17, 15) is 13.2 Å². The lowest BCUT2D eigenvalue weighted by Gasteiger charge is -2.17. The lowest BCUT2D eigenvalue weighted by molar-refractivity contribution is 0.509. The molecule has 1 aromatic rings. The summed E-state index contributed by atoms with van der Waals surface area (Å²) in [5.74, 6) is 1.70. The molecule has 2 rings (SSSR count). The van der Waals surface area contributed by atoms with E-state index in [1.165, 1.54) is 6.26 Å². The van der Waals surface area contributed by atoms with E-state index in [-0.39, 0.29) is 17.5 Å². The van der Waals surface area contributed by atoms with Gasteiger partial charge in [-0.3, -0.25) is 9.56 Å². The summed E-state index contributed by atoms with van der Waals surface area (Å²) in [6.07, 6.45) is 5.49. The molecule has 0 saturated heterocycles. The average Bonchev–Trinajstić information content (AvgIpc) is 2.93. The molecule has 27 heavy (non-hydrogen) atoms. The molecule has 1 unspecified atom stereocenters. The molecule has 0 saturated carbocycles. The van der Waals surface area contributed by atoms with E-state index >= 15 is 0 Å². The lowest BCUT2D eigenvalue weighted by atomic mass is 10.2. The molecule has 0 radical (unpaired) electrons. The van der Waals surface area contributed by atoms with Crippen molar-refractivity contribution in [2.75, 3.05) is 25.1 Å². The predicted molar refractivity (Wildman–Crippen MR) is 107 cm³/mol. The van der Waals surface area contributed by atoms with Gasteiger partial charge >= 0.3 is 5.69 Å². The van der Waals surface area contributed by atoms with Gasteiger partial charge in [0.15, 0.2) is 5.96 Å². The molecule has 1 aliphatic heterocycles.